The van der Waals surface area contributed by atoms with E-state index in [4.69, 9.17) is 21.1 Å². The largest absolute Gasteiger partial charge is 0.479 e. The van der Waals surface area contributed by atoms with Crippen LogP contribution in [-0.4, -0.2) is 49.2 Å². The van der Waals surface area contributed by atoms with Crippen molar-refractivity contribution < 1.29 is 18.7 Å². The smallest absolute Gasteiger partial charge is 0.341 e. The first-order chi connectivity index (χ1) is 14.9. The van der Waals surface area contributed by atoms with Crippen LogP contribution in [0, 0.1) is 5.82 Å². The van der Waals surface area contributed by atoms with Gasteiger partial charge in [-0.1, -0.05) is 17.7 Å². The Labute approximate surface area is 194 Å². The molecular weight excluding hydrogens is 459 g/mol. The molecule has 3 aromatic heterocycles. The molecule has 4 rings (SSSR count). The quantitative estimate of drug-likeness (QED) is 0.389. The Bertz CT molecular complexity index is 1280. The Kier molecular flexibility index (Phi) is 6.99. The molecule has 1 atom stereocenters. The number of carbonyl (C=O) groups is 1. The van der Waals surface area contributed by atoms with Crippen LogP contribution in [0.1, 0.15) is 35.8 Å². The van der Waals surface area contributed by atoms with Gasteiger partial charge in [-0.25, -0.2) is 18.9 Å². The van der Waals surface area contributed by atoms with E-state index < -0.39 is 11.8 Å². The van der Waals surface area contributed by atoms with Gasteiger partial charge in [0, 0.05) is 6.20 Å². The first-order valence-corrected chi connectivity index (χ1v) is 9.77. The van der Waals surface area contributed by atoms with E-state index in [0.29, 0.717) is 16.6 Å². The van der Waals surface area contributed by atoms with Gasteiger partial charge < -0.3 is 9.47 Å². The van der Waals surface area contributed by atoms with Gasteiger partial charge in [0.05, 0.1) is 42.7 Å². The van der Waals surface area contributed by atoms with Crippen LogP contribution in [0.4, 0.5) is 4.39 Å². The zero-order valence-corrected chi connectivity index (χ0v) is 19.2. The van der Waals surface area contributed by atoms with Crippen molar-refractivity contribution in [1.29, 1.82) is 0 Å². The molecule has 0 saturated carbocycles. The second-order valence-electron chi connectivity index (χ2n) is 6.60. The summed E-state index contributed by atoms with van der Waals surface area (Å²) in [7, 11) is 1.47. The van der Waals surface area contributed by atoms with Crippen molar-refractivity contribution in [3.63, 3.8) is 0 Å². The SMILES string of the molecule is CCOC(=O)c1cnn(-c2nc(OC)c3c(cnn3[C@@H](C)c3ccc(Cl)c(F)c3)n2)c1.S. The highest BCUT2D eigenvalue weighted by Gasteiger charge is 2.21. The summed E-state index contributed by atoms with van der Waals surface area (Å²) in [5.41, 5.74) is 1.98. The zero-order valence-electron chi connectivity index (χ0n) is 17.4. The summed E-state index contributed by atoms with van der Waals surface area (Å²) in [6, 6.07) is 4.25. The van der Waals surface area contributed by atoms with Crippen molar-refractivity contribution in [2.75, 3.05) is 13.7 Å². The van der Waals surface area contributed by atoms with Crippen molar-refractivity contribution >= 4 is 42.1 Å². The fourth-order valence-electron chi connectivity index (χ4n) is 3.12. The highest BCUT2D eigenvalue weighted by Crippen LogP contribution is 2.29. The molecule has 168 valence electrons. The Morgan fingerprint density at radius 3 is 2.72 bits per heavy atom. The second kappa shape index (κ2) is 9.53. The van der Waals surface area contributed by atoms with Gasteiger partial charge in [0.1, 0.15) is 16.9 Å². The number of benzene rings is 1. The summed E-state index contributed by atoms with van der Waals surface area (Å²) in [5.74, 6) is -0.542. The number of hydrogen-bond acceptors (Lipinski definition) is 7. The third kappa shape index (κ3) is 4.26. The minimum Gasteiger partial charge on any atom is -0.479 e. The highest BCUT2D eigenvalue weighted by atomic mass is 35.5. The Morgan fingerprint density at radius 2 is 2.03 bits per heavy atom. The van der Waals surface area contributed by atoms with Crippen LogP contribution < -0.4 is 4.74 Å². The molecular formula is C20H20ClFN6O3S. The van der Waals surface area contributed by atoms with E-state index in [1.54, 1.807) is 23.9 Å². The van der Waals surface area contributed by atoms with Crippen molar-refractivity contribution in [1.82, 2.24) is 29.5 Å². The van der Waals surface area contributed by atoms with Crippen molar-refractivity contribution in [2.45, 2.75) is 19.9 Å². The normalized spacial score (nSPS) is 11.8. The molecule has 9 nitrogen and oxygen atoms in total. The molecule has 0 unspecified atom stereocenters. The lowest BCUT2D eigenvalue weighted by molar-refractivity contribution is 0.0526. The number of carbonyl (C=O) groups excluding carboxylic acids is 1. The predicted octanol–water partition coefficient (Wildman–Crippen LogP) is 3.71. The number of hydrogen-bond donors (Lipinski definition) is 0. The Balaban J connectivity index is 0.00000289. The molecule has 0 aliphatic rings. The van der Waals surface area contributed by atoms with E-state index in [0.717, 1.165) is 0 Å². The highest BCUT2D eigenvalue weighted by molar-refractivity contribution is 7.59. The van der Waals surface area contributed by atoms with Crippen LogP contribution in [0.15, 0.2) is 36.8 Å². The maximum atomic E-state index is 13.9. The first kappa shape index (κ1) is 23.5. The molecule has 32 heavy (non-hydrogen) atoms. The van der Waals surface area contributed by atoms with Crippen LogP contribution in [-0.2, 0) is 4.74 Å². The lowest BCUT2D eigenvalue weighted by Gasteiger charge is -2.15. The average molecular weight is 479 g/mol. The number of halogens is 2. The third-order valence-electron chi connectivity index (χ3n) is 4.69. The van der Waals surface area contributed by atoms with Gasteiger partial charge in [-0.05, 0) is 31.5 Å². The van der Waals surface area contributed by atoms with E-state index in [2.05, 4.69) is 20.2 Å². The summed E-state index contributed by atoms with van der Waals surface area (Å²) in [4.78, 5) is 20.8. The monoisotopic (exact) mass is 478 g/mol. The number of aromatic nitrogens is 6. The van der Waals surface area contributed by atoms with Crippen LogP contribution in [0.5, 0.6) is 5.88 Å². The van der Waals surface area contributed by atoms with Gasteiger partial charge in [-0.2, -0.15) is 28.7 Å². The Hall–Kier alpha value is -3.18. The number of ether oxygens (including phenoxy) is 2. The summed E-state index contributed by atoms with van der Waals surface area (Å²) < 4.78 is 27.4. The van der Waals surface area contributed by atoms with Gasteiger partial charge in [-0.3, -0.25) is 4.68 Å². The van der Waals surface area contributed by atoms with Gasteiger partial charge in [0.25, 0.3) is 5.95 Å². The molecule has 0 spiro atoms. The summed E-state index contributed by atoms with van der Waals surface area (Å²) in [6.45, 7) is 3.85. The predicted molar refractivity (Wildman–Crippen MR) is 121 cm³/mol. The van der Waals surface area contributed by atoms with Crippen molar-refractivity contribution in [3.8, 4) is 11.8 Å². The molecule has 1 aromatic carbocycles. The maximum absolute atomic E-state index is 13.9. The zero-order chi connectivity index (χ0) is 22.1. The molecule has 3 heterocycles. The fourth-order valence-corrected chi connectivity index (χ4v) is 3.24. The van der Waals surface area contributed by atoms with Crippen LogP contribution in [0.2, 0.25) is 5.02 Å². The van der Waals surface area contributed by atoms with Gasteiger partial charge in [0.2, 0.25) is 5.88 Å². The van der Waals surface area contributed by atoms with E-state index in [-0.39, 0.29) is 48.6 Å². The standard InChI is InChI=1S/C20H18ClFN6O3.H2S/c1-4-31-19(29)13-8-23-27(10-13)20-25-16-9-24-28(17(16)18(26-20)30-3)11(2)12-5-6-14(21)15(22)7-12;/h5-11H,4H2,1-3H3;1H2/t11-;/m0./s1. The van der Waals surface area contributed by atoms with E-state index >= 15 is 0 Å². The maximum Gasteiger partial charge on any atom is 0.341 e. The number of fused-ring (bicyclic) bond motifs is 1. The van der Waals surface area contributed by atoms with Gasteiger partial charge >= 0.3 is 5.97 Å². The third-order valence-corrected chi connectivity index (χ3v) is 4.99. The lowest BCUT2D eigenvalue weighted by atomic mass is 10.1. The summed E-state index contributed by atoms with van der Waals surface area (Å²) in [5, 5.41) is 8.58. The van der Waals surface area contributed by atoms with E-state index in [1.807, 2.05) is 6.92 Å². The molecule has 12 heteroatoms. The molecule has 0 N–H and O–H groups in total. The van der Waals surface area contributed by atoms with Gasteiger partial charge in [0.15, 0.2) is 0 Å². The average Bonchev–Trinajstić information content (AvgIpc) is 3.42. The molecule has 0 aliphatic heterocycles. The van der Waals surface area contributed by atoms with Crippen molar-refractivity contribution in [2.24, 2.45) is 0 Å². The molecule has 0 fully saturated rings. The second-order valence-corrected chi connectivity index (χ2v) is 7.01. The number of methoxy groups -OCH3 is 1. The van der Waals surface area contributed by atoms with Crippen LogP contribution >= 0.6 is 25.1 Å². The van der Waals surface area contributed by atoms with Gasteiger partial charge in [-0.15, -0.1) is 0 Å². The number of esters is 1. The van der Waals surface area contributed by atoms with Crippen molar-refractivity contribution in [3.05, 3.63) is 58.8 Å². The minimum atomic E-state index is -0.510. The molecule has 0 bridgehead atoms. The van der Waals surface area contributed by atoms with E-state index in [9.17, 15) is 9.18 Å². The Morgan fingerprint density at radius 1 is 1.25 bits per heavy atom. The summed E-state index contributed by atoms with van der Waals surface area (Å²) >= 11 is 5.79. The fraction of sp³-hybridized carbons (Fsp3) is 0.250. The molecule has 4 aromatic rings. The summed E-state index contributed by atoms with van der Waals surface area (Å²) in [6.07, 6.45) is 4.41. The molecule has 0 saturated heterocycles. The van der Waals surface area contributed by atoms with E-state index in [1.165, 1.54) is 36.3 Å². The number of nitrogens with zero attached hydrogens (tertiary/aromatic N) is 6. The van der Waals surface area contributed by atoms with Crippen LogP contribution in [0.25, 0.3) is 17.0 Å². The number of rotatable bonds is 6. The molecule has 0 aliphatic carbocycles. The topological polar surface area (TPSA) is 97.0 Å². The lowest BCUT2D eigenvalue weighted by Crippen LogP contribution is -2.11. The first-order valence-electron chi connectivity index (χ1n) is 9.39. The minimum absolute atomic E-state index is 0. The van der Waals surface area contributed by atoms with Crippen LogP contribution in [0.3, 0.4) is 0 Å². The molecule has 0 radical (unpaired) electrons. The molecule has 0 amide bonds.